The molecular weight excluding hydrogens is 260 g/mol. The SMILES string of the molecule is Nc1cc(-c2cccc(OC3CCSCC3)c2)on1. The molecule has 1 aliphatic heterocycles. The molecule has 1 aliphatic rings. The number of aromatic nitrogens is 1. The zero-order valence-corrected chi connectivity index (χ0v) is 11.4. The fourth-order valence-corrected chi connectivity index (χ4v) is 3.20. The van der Waals surface area contributed by atoms with Crippen LogP contribution in [0, 0.1) is 0 Å². The van der Waals surface area contributed by atoms with Crippen LogP contribution in [0.25, 0.3) is 11.3 Å². The van der Waals surface area contributed by atoms with E-state index in [9.17, 15) is 0 Å². The fraction of sp³-hybridized carbons (Fsp3) is 0.357. The van der Waals surface area contributed by atoms with Crippen molar-refractivity contribution in [2.75, 3.05) is 17.2 Å². The number of rotatable bonds is 3. The molecule has 0 spiro atoms. The van der Waals surface area contributed by atoms with Crippen LogP contribution >= 0.6 is 11.8 Å². The molecule has 0 unspecified atom stereocenters. The lowest BCUT2D eigenvalue weighted by molar-refractivity contribution is 0.192. The normalized spacial score (nSPS) is 16.4. The zero-order valence-electron chi connectivity index (χ0n) is 10.5. The number of nitrogens with two attached hydrogens (primary N) is 1. The second kappa shape index (κ2) is 5.57. The van der Waals surface area contributed by atoms with Gasteiger partial charge in [-0.1, -0.05) is 17.3 Å². The van der Waals surface area contributed by atoms with E-state index in [1.54, 1.807) is 6.07 Å². The Bertz CT molecular complexity index is 550. The van der Waals surface area contributed by atoms with Gasteiger partial charge in [-0.15, -0.1) is 0 Å². The third kappa shape index (κ3) is 3.04. The summed E-state index contributed by atoms with van der Waals surface area (Å²) in [7, 11) is 0. The molecule has 2 N–H and O–H groups in total. The number of thioether (sulfide) groups is 1. The van der Waals surface area contributed by atoms with Crippen molar-refractivity contribution in [3.8, 4) is 17.1 Å². The predicted molar refractivity (Wildman–Crippen MR) is 77.3 cm³/mol. The molecule has 3 rings (SSSR count). The van der Waals surface area contributed by atoms with E-state index >= 15 is 0 Å². The average molecular weight is 276 g/mol. The van der Waals surface area contributed by atoms with E-state index in [0.29, 0.717) is 17.7 Å². The van der Waals surface area contributed by atoms with Crippen molar-refractivity contribution in [2.24, 2.45) is 0 Å². The van der Waals surface area contributed by atoms with E-state index in [0.717, 1.165) is 24.2 Å². The monoisotopic (exact) mass is 276 g/mol. The highest BCUT2D eigenvalue weighted by Gasteiger charge is 2.15. The highest BCUT2D eigenvalue weighted by Crippen LogP contribution is 2.27. The number of ether oxygens (including phenoxy) is 1. The van der Waals surface area contributed by atoms with Crippen LogP contribution in [0.1, 0.15) is 12.8 Å². The molecule has 0 saturated carbocycles. The number of nitrogen functional groups attached to an aromatic ring is 1. The summed E-state index contributed by atoms with van der Waals surface area (Å²) < 4.78 is 11.2. The first kappa shape index (κ1) is 12.4. The van der Waals surface area contributed by atoms with Crippen LogP contribution in [-0.4, -0.2) is 22.8 Å². The van der Waals surface area contributed by atoms with E-state index in [4.69, 9.17) is 15.0 Å². The van der Waals surface area contributed by atoms with Crippen molar-refractivity contribution in [1.82, 2.24) is 5.16 Å². The highest BCUT2D eigenvalue weighted by molar-refractivity contribution is 7.99. The van der Waals surface area contributed by atoms with Crippen LogP contribution in [0.2, 0.25) is 0 Å². The van der Waals surface area contributed by atoms with Gasteiger partial charge < -0.3 is 15.0 Å². The molecule has 1 fully saturated rings. The summed E-state index contributed by atoms with van der Waals surface area (Å²) in [4.78, 5) is 0. The first-order valence-corrected chi connectivity index (χ1v) is 7.54. The number of hydrogen-bond acceptors (Lipinski definition) is 5. The summed E-state index contributed by atoms with van der Waals surface area (Å²) in [6, 6.07) is 9.59. The van der Waals surface area contributed by atoms with Gasteiger partial charge in [0.1, 0.15) is 11.9 Å². The predicted octanol–water partition coefficient (Wildman–Crippen LogP) is 3.20. The first-order valence-electron chi connectivity index (χ1n) is 6.38. The molecule has 100 valence electrons. The lowest BCUT2D eigenvalue weighted by atomic mass is 10.1. The number of anilines is 1. The molecule has 4 nitrogen and oxygen atoms in total. The Kier molecular flexibility index (Phi) is 3.64. The molecule has 19 heavy (non-hydrogen) atoms. The summed E-state index contributed by atoms with van der Waals surface area (Å²) in [5.41, 5.74) is 6.50. The van der Waals surface area contributed by atoms with Gasteiger partial charge >= 0.3 is 0 Å². The molecule has 0 amide bonds. The lowest BCUT2D eigenvalue weighted by Gasteiger charge is -2.22. The zero-order chi connectivity index (χ0) is 13.1. The Morgan fingerprint density at radius 2 is 2.11 bits per heavy atom. The van der Waals surface area contributed by atoms with Crippen LogP contribution in [0.15, 0.2) is 34.9 Å². The topological polar surface area (TPSA) is 61.3 Å². The smallest absolute Gasteiger partial charge is 0.169 e. The largest absolute Gasteiger partial charge is 0.490 e. The van der Waals surface area contributed by atoms with Gasteiger partial charge in [-0.25, -0.2) is 0 Å². The van der Waals surface area contributed by atoms with Crippen molar-refractivity contribution in [1.29, 1.82) is 0 Å². The molecule has 1 aromatic heterocycles. The molecular formula is C14H16N2O2S. The Hall–Kier alpha value is -1.62. The van der Waals surface area contributed by atoms with Gasteiger partial charge in [0, 0.05) is 11.6 Å². The maximum Gasteiger partial charge on any atom is 0.169 e. The van der Waals surface area contributed by atoms with E-state index < -0.39 is 0 Å². The summed E-state index contributed by atoms with van der Waals surface area (Å²) in [5, 5.41) is 3.70. The maximum atomic E-state index is 6.02. The molecule has 0 radical (unpaired) electrons. The van der Waals surface area contributed by atoms with Crippen molar-refractivity contribution in [3.05, 3.63) is 30.3 Å². The van der Waals surface area contributed by atoms with Crippen molar-refractivity contribution < 1.29 is 9.26 Å². The minimum absolute atomic E-state index is 0.330. The lowest BCUT2D eigenvalue weighted by Crippen LogP contribution is -2.21. The number of nitrogens with zero attached hydrogens (tertiary/aromatic N) is 1. The summed E-state index contributed by atoms with van der Waals surface area (Å²) in [5.74, 6) is 4.31. The summed E-state index contributed by atoms with van der Waals surface area (Å²) >= 11 is 1.99. The Morgan fingerprint density at radius 3 is 2.84 bits per heavy atom. The third-order valence-electron chi connectivity index (χ3n) is 3.12. The van der Waals surface area contributed by atoms with Gasteiger partial charge in [-0.2, -0.15) is 11.8 Å². The van der Waals surface area contributed by atoms with Crippen LogP contribution in [0.3, 0.4) is 0 Å². The molecule has 2 aromatic rings. The molecule has 1 aromatic carbocycles. The molecule has 1 saturated heterocycles. The van der Waals surface area contributed by atoms with Gasteiger partial charge in [0.15, 0.2) is 11.6 Å². The molecule has 0 bridgehead atoms. The summed E-state index contributed by atoms with van der Waals surface area (Å²) in [6.45, 7) is 0. The van der Waals surface area contributed by atoms with Gasteiger partial charge in [0.05, 0.1) is 0 Å². The Labute approximate surface area is 116 Å². The number of benzene rings is 1. The van der Waals surface area contributed by atoms with Crippen LogP contribution in [-0.2, 0) is 0 Å². The number of hydrogen-bond donors (Lipinski definition) is 1. The quantitative estimate of drug-likeness (QED) is 0.932. The third-order valence-corrected chi connectivity index (χ3v) is 4.17. The Morgan fingerprint density at radius 1 is 1.26 bits per heavy atom. The van der Waals surface area contributed by atoms with Gasteiger partial charge in [-0.05, 0) is 36.5 Å². The first-order chi connectivity index (χ1) is 9.31. The maximum absolute atomic E-state index is 6.02. The molecule has 5 heteroatoms. The highest BCUT2D eigenvalue weighted by atomic mass is 32.2. The summed E-state index contributed by atoms with van der Waals surface area (Å²) in [6.07, 6.45) is 2.56. The fourth-order valence-electron chi connectivity index (χ4n) is 2.13. The van der Waals surface area contributed by atoms with Crippen molar-refractivity contribution in [2.45, 2.75) is 18.9 Å². The van der Waals surface area contributed by atoms with Crippen LogP contribution in [0.4, 0.5) is 5.82 Å². The average Bonchev–Trinajstić information content (AvgIpc) is 2.87. The Balaban J connectivity index is 1.75. The minimum Gasteiger partial charge on any atom is -0.490 e. The second-order valence-electron chi connectivity index (χ2n) is 4.57. The second-order valence-corrected chi connectivity index (χ2v) is 5.80. The van der Waals surface area contributed by atoms with Gasteiger partial charge in [0.2, 0.25) is 0 Å². The molecule has 0 atom stereocenters. The van der Waals surface area contributed by atoms with E-state index in [2.05, 4.69) is 5.16 Å². The standard InChI is InChI=1S/C14H16N2O2S/c15-14-9-13(18-16-14)10-2-1-3-12(8-10)17-11-4-6-19-7-5-11/h1-3,8-9,11H,4-7H2,(H2,15,16). The van der Waals surface area contributed by atoms with Gasteiger partial charge in [0.25, 0.3) is 0 Å². The molecule has 0 aliphatic carbocycles. The van der Waals surface area contributed by atoms with Crippen molar-refractivity contribution in [3.63, 3.8) is 0 Å². The van der Waals surface area contributed by atoms with Crippen LogP contribution < -0.4 is 10.5 Å². The minimum atomic E-state index is 0.330. The van der Waals surface area contributed by atoms with Crippen LogP contribution in [0.5, 0.6) is 5.75 Å². The van der Waals surface area contributed by atoms with E-state index in [-0.39, 0.29) is 0 Å². The van der Waals surface area contributed by atoms with Gasteiger partial charge in [-0.3, -0.25) is 0 Å². The van der Waals surface area contributed by atoms with E-state index in [1.165, 1.54) is 11.5 Å². The molecule has 2 heterocycles. The van der Waals surface area contributed by atoms with Crippen molar-refractivity contribution >= 4 is 17.6 Å². The van der Waals surface area contributed by atoms with E-state index in [1.807, 2.05) is 36.0 Å².